The average Bonchev–Trinajstić information content (AvgIpc) is 3.18. The van der Waals surface area contributed by atoms with E-state index in [0.29, 0.717) is 25.0 Å². The molecule has 2 atom stereocenters. The lowest BCUT2D eigenvalue weighted by Gasteiger charge is -2.19. The van der Waals surface area contributed by atoms with Crippen molar-refractivity contribution >= 4 is 12.0 Å². The highest BCUT2D eigenvalue weighted by Gasteiger charge is 2.40. The molecular weight excluding hydrogens is 282 g/mol. The fourth-order valence-electron chi connectivity index (χ4n) is 3.65. The van der Waals surface area contributed by atoms with E-state index in [9.17, 15) is 4.79 Å². The van der Waals surface area contributed by atoms with Gasteiger partial charge in [0.1, 0.15) is 5.75 Å². The van der Waals surface area contributed by atoms with Crippen molar-refractivity contribution in [3.8, 4) is 5.75 Å². The molecule has 0 bridgehead atoms. The van der Waals surface area contributed by atoms with Crippen LogP contribution in [0.15, 0.2) is 11.1 Å². The molecule has 0 saturated carbocycles. The number of nitrogens with zero attached hydrogens (tertiary/aromatic N) is 1. The Hall–Kier alpha value is -2.04. The van der Waals surface area contributed by atoms with Gasteiger partial charge in [0.15, 0.2) is 0 Å². The van der Waals surface area contributed by atoms with E-state index < -0.39 is 12.2 Å². The van der Waals surface area contributed by atoms with E-state index in [1.54, 1.807) is 0 Å². The van der Waals surface area contributed by atoms with Crippen LogP contribution in [-0.4, -0.2) is 25.2 Å². The molecule has 4 rings (SSSR count). The molecule has 3 aliphatic rings. The van der Waals surface area contributed by atoms with Crippen molar-refractivity contribution in [3.05, 3.63) is 28.3 Å². The maximum atomic E-state index is 11.6. The van der Waals surface area contributed by atoms with Crippen molar-refractivity contribution < 1.29 is 19.0 Å². The van der Waals surface area contributed by atoms with Crippen LogP contribution in [0.3, 0.4) is 0 Å². The molecule has 0 radical (unpaired) electrons. The first-order chi connectivity index (χ1) is 10.7. The van der Waals surface area contributed by atoms with Gasteiger partial charge in [-0.3, -0.25) is 0 Å². The van der Waals surface area contributed by atoms with Gasteiger partial charge in [0.25, 0.3) is 0 Å². The topological polar surface area (TPSA) is 57.1 Å². The van der Waals surface area contributed by atoms with Gasteiger partial charge < -0.3 is 14.2 Å². The number of fused-ring (bicyclic) bond motifs is 2. The minimum atomic E-state index is -0.580. The molecule has 116 valence electrons. The number of hydrogen-bond acceptors (Lipinski definition) is 4. The van der Waals surface area contributed by atoms with Crippen LogP contribution < -0.4 is 4.74 Å². The van der Waals surface area contributed by atoms with Crippen molar-refractivity contribution in [3.63, 3.8) is 0 Å². The summed E-state index contributed by atoms with van der Waals surface area (Å²) < 4.78 is 16.9. The van der Waals surface area contributed by atoms with Crippen molar-refractivity contribution in [2.75, 3.05) is 13.2 Å². The second kappa shape index (κ2) is 5.00. The summed E-state index contributed by atoms with van der Waals surface area (Å²) >= 11 is 0. The third-order valence-electron chi connectivity index (χ3n) is 4.63. The molecule has 1 aromatic rings. The highest BCUT2D eigenvalue weighted by Crippen LogP contribution is 2.47. The quantitative estimate of drug-likeness (QED) is 0.841. The number of benzene rings is 1. The van der Waals surface area contributed by atoms with Crippen molar-refractivity contribution in [1.29, 1.82) is 0 Å². The number of aryl methyl sites for hydroxylation is 1. The summed E-state index contributed by atoms with van der Waals surface area (Å²) in [5, 5.41) is 0. The molecular formula is C17H19NO4. The zero-order chi connectivity index (χ0) is 15.3. The van der Waals surface area contributed by atoms with Crippen molar-refractivity contribution in [2.45, 2.75) is 45.1 Å². The first-order valence-electron chi connectivity index (χ1n) is 7.92. The second-order valence-corrected chi connectivity index (χ2v) is 6.06. The number of rotatable bonds is 2. The maximum Gasteiger partial charge on any atom is 0.437 e. The zero-order valence-corrected chi connectivity index (χ0v) is 12.8. The first kappa shape index (κ1) is 13.6. The van der Waals surface area contributed by atoms with Gasteiger partial charge >= 0.3 is 6.09 Å². The minimum Gasteiger partial charge on any atom is -0.492 e. The Morgan fingerprint density at radius 3 is 3.09 bits per heavy atom. The van der Waals surface area contributed by atoms with Crippen molar-refractivity contribution in [2.24, 2.45) is 4.99 Å². The van der Waals surface area contributed by atoms with Crippen LogP contribution in [0, 0.1) is 0 Å². The fraction of sp³-hybridized carbons (Fsp3) is 0.529. The van der Waals surface area contributed by atoms with E-state index in [0.717, 1.165) is 30.6 Å². The molecule has 1 aromatic carbocycles. The van der Waals surface area contributed by atoms with Crippen LogP contribution >= 0.6 is 0 Å². The molecule has 22 heavy (non-hydrogen) atoms. The van der Waals surface area contributed by atoms with Gasteiger partial charge in [-0.15, -0.1) is 4.99 Å². The van der Waals surface area contributed by atoms with Gasteiger partial charge in [-0.05, 0) is 37.3 Å². The summed E-state index contributed by atoms with van der Waals surface area (Å²) in [5.74, 6) is 1.60. The number of aliphatic imine (C=N–C) groups is 1. The smallest absolute Gasteiger partial charge is 0.437 e. The van der Waals surface area contributed by atoms with E-state index >= 15 is 0 Å². The summed E-state index contributed by atoms with van der Waals surface area (Å²) in [7, 11) is 0. The lowest BCUT2D eigenvalue weighted by atomic mass is 9.91. The van der Waals surface area contributed by atoms with Crippen LogP contribution in [0.1, 0.15) is 54.5 Å². The van der Waals surface area contributed by atoms with Gasteiger partial charge in [0.2, 0.25) is 12.0 Å². The average molecular weight is 301 g/mol. The van der Waals surface area contributed by atoms with E-state index in [1.807, 2.05) is 6.92 Å². The summed E-state index contributed by atoms with van der Waals surface area (Å²) in [6, 6.07) is 2.27. The molecule has 5 nitrogen and oxygen atoms in total. The third-order valence-corrected chi connectivity index (χ3v) is 4.63. The Morgan fingerprint density at radius 1 is 1.41 bits per heavy atom. The Kier molecular flexibility index (Phi) is 3.10. The predicted octanol–water partition coefficient (Wildman–Crippen LogP) is 3.30. The number of amides is 1. The first-order valence-corrected chi connectivity index (χ1v) is 7.92. The van der Waals surface area contributed by atoms with Crippen molar-refractivity contribution in [1.82, 2.24) is 0 Å². The summed E-state index contributed by atoms with van der Waals surface area (Å²) in [6.45, 7) is 5.17. The van der Waals surface area contributed by atoms with E-state index in [4.69, 9.17) is 14.2 Å². The predicted molar refractivity (Wildman–Crippen MR) is 80.7 cm³/mol. The molecule has 5 heteroatoms. The Morgan fingerprint density at radius 2 is 2.27 bits per heavy atom. The largest absolute Gasteiger partial charge is 0.492 e. The molecule has 0 fully saturated rings. The molecule has 0 aromatic heterocycles. The Bertz CT molecular complexity index is 680. The highest BCUT2D eigenvalue weighted by atomic mass is 16.6. The SMILES string of the molecule is CCOC1=NC(=O)OC1c1c2c(cc3c1OCC3C)CCC2. The standard InChI is InChI=1S/C17H19NO4/c1-3-20-16-15(22-17(19)18-16)13-11-6-4-5-10(11)7-12-9(2)8-21-14(12)13/h7,9,15H,3-6,8H2,1-2H3. The van der Waals surface area contributed by atoms with E-state index in [1.165, 1.54) is 16.7 Å². The van der Waals surface area contributed by atoms with Crippen LogP contribution in [0.2, 0.25) is 0 Å². The monoisotopic (exact) mass is 301 g/mol. The number of carbonyl (C=O) groups excluding carboxylic acids is 1. The van der Waals surface area contributed by atoms with Gasteiger partial charge in [-0.2, -0.15) is 0 Å². The highest BCUT2D eigenvalue weighted by molar-refractivity contribution is 5.98. The lowest BCUT2D eigenvalue weighted by Crippen LogP contribution is -2.16. The van der Waals surface area contributed by atoms with Crippen LogP contribution in [0.25, 0.3) is 0 Å². The molecule has 2 unspecified atom stereocenters. The number of carbonyl (C=O) groups is 1. The molecule has 2 heterocycles. The summed E-state index contributed by atoms with van der Waals surface area (Å²) in [6.07, 6.45) is 2.05. The molecule has 1 amide bonds. The number of cyclic esters (lactones) is 1. The summed E-state index contributed by atoms with van der Waals surface area (Å²) in [4.78, 5) is 15.5. The normalized spacial score (nSPS) is 25.4. The summed E-state index contributed by atoms with van der Waals surface area (Å²) in [5.41, 5.74) is 4.78. The molecule has 0 saturated heterocycles. The maximum absolute atomic E-state index is 11.6. The van der Waals surface area contributed by atoms with Crippen LogP contribution in [0.4, 0.5) is 4.79 Å². The number of ether oxygens (including phenoxy) is 3. The van der Waals surface area contributed by atoms with Crippen LogP contribution in [-0.2, 0) is 22.3 Å². The van der Waals surface area contributed by atoms with Gasteiger partial charge in [-0.1, -0.05) is 13.0 Å². The van der Waals surface area contributed by atoms with Gasteiger partial charge in [-0.25, -0.2) is 4.79 Å². The minimum absolute atomic E-state index is 0.359. The van der Waals surface area contributed by atoms with E-state index in [-0.39, 0.29) is 0 Å². The molecule has 0 N–H and O–H groups in total. The van der Waals surface area contributed by atoms with E-state index in [2.05, 4.69) is 18.0 Å². The van der Waals surface area contributed by atoms with Gasteiger partial charge in [0.05, 0.1) is 13.2 Å². The Balaban J connectivity index is 1.87. The lowest BCUT2D eigenvalue weighted by molar-refractivity contribution is 0.138. The second-order valence-electron chi connectivity index (χ2n) is 6.06. The van der Waals surface area contributed by atoms with Crippen LogP contribution in [0.5, 0.6) is 5.75 Å². The Labute approximate surface area is 129 Å². The molecule has 0 spiro atoms. The third kappa shape index (κ3) is 1.91. The zero-order valence-electron chi connectivity index (χ0n) is 12.8. The van der Waals surface area contributed by atoms with Gasteiger partial charge in [0, 0.05) is 17.0 Å². The number of hydrogen-bond donors (Lipinski definition) is 0. The fourth-order valence-corrected chi connectivity index (χ4v) is 3.65. The molecule has 1 aliphatic carbocycles. The molecule has 2 aliphatic heterocycles.